The Bertz CT molecular complexity index is 234. The maximum absolute atomic E-state index is 6.11. The van der Waals surface area contributed by atoms with E-state index in [1.807, 2.05) is 0 Å². The first-order valence-corrected chi connectivity index (χ1v) is 7.46. The molecule has 0 aromatic rings. The third-order valence-electron chi connectivity index (χ3n) is 3.05. The minimum atomic E-state index is -0.132. The van der Waals surface area contributed by atoms with Crippen molar-refractivity contribution in [1.29, 1.82) is 0 Å². The van der Waals surface area contributed by atoms with Crippen LogP contribution in [-0.4, -0.2) is 62.7 Å². The highest BCUT2D eigenvalue weighted by Gasteiger charge is 2.23. The Balaban J connectivity index is 2.38. The SMILES string of the molecule is CCCN(C)CC(COC1CCOC1)OC(C)(C)C. The van der Waals surface area contributed by atoms with E-state index in [-0.39, 0.29) is 17.8 Å². The fourth-order valence-corrected chi connectivity index (χ4v) is 2.33. The number of rotatable bonds is 8. The highest BCUT2D eigenvalue weighted by Crippen LogP contribution is 2.15. The smallest absolute Gasteiger partial charge is 0.0942 e. The van der Waals surface area contributed by atoms with Crippen LogP contribution in [0.5, 0.6) is 0 Å². The molecule has 1 aliphatic rings. The van der Waals surface area contributed by atoms with Crippen molar-refractivity contribution in [3.8, 4) is 0 Å². The molecule has 1 saturated heterocycles. The van der Waals surface area contributed by atoms with Crippen LogP contribution in [0.15, 0.2) is 0 Å². The summed E-state index contributed by atoms with van der Waals surface area (Å²) in [4.78, 5) is 2.31. The lowest BCUT2D eigenvalue weighted by Gasteiger charge is -2.31. The van der Waals surface area contributed by atoms with Crippen LogP contribution in [0.25, 0.3) is 0 Å². The van der Waals surface area contributed by atoms with E-state index in [4.69, 9.17) is 14.2 Å². The van der Waals surface area contributed by atoms with Gasteiger partial charge in [-0.1, -0.05) is 6.92 Å². The third-order valence-corrected chi connectivity index (χ3v) is 3.05. The summed E-state index contributed by atoms with van der Waals surface area (Å²) in [5.74, 6) is 0. The van der Waals surface area contributed by atoms with Crippen LogP contribution in [0, 0.1) is 0 Å². The van der Waals surface area contributed by atoms with Crippen molar-refractivity contribution in [2.75, 3.05) is 40.0 Å². The average Bonchev–Trinajstić information content (AvgIpc) is 2.76. The van der Waals surface area contributed by atoms with Crippen molar-refractivity contribution in [1.82, 2.24) is 4.90 Å². The van der Waals surface area contributed by atoms with Gasteiger partial charge in [-0.25, -0.2) is 0 Å². The molecule has 0 spiro atoms. The molecule has 2 atom stereocenters. The largest absolute Gasteiger partial charge is 0.379 e. The van der Waals surface area contributed by atoms with Crippen molar-refractivity contribution >= 4 is 0 Å². The van der Waals surface area contributed by atoms with Gasteiger partial charge in [-0.3, -0.25) is 0 Å². The molecule has 0 amide bonds. The molecule has 0 aliphatic carbocycles. The Hall–Kier alpha value is -0.160. The zero-order valence-corrected chi connectivity index (χ0v) is 13.3. The van der Waals surface area contributed by atoms with Gasteiger partial charge in [0, 0.05) is 13.2 Å². The van der Waals surface area contributed by atoms with Crippen LogP contribution in [0.4, 0.5) is 0 Å². The summed E-state index contributed by atoms with van der Waals surface area (Å²) in [6.07, 6.45) is 2.54. The summed E-state index contributed by atoms with van der Waals surface area (Å²) in [5.41, 5.74) is -0.132. The van der Waals surface area contributed by atoms with Crippen LogP contribution < -0.4 is 0 Å². The van der Waals surface area contributed by atoms with Gasteiger partial charge in [0.05, 0.1) is 31.0 Å². The zero-order chi connectivity index (χ0) is 14.3. The average molecular weight is 273 g/mol. The van der Waals surface area contributed by atoms with Crippen molar-refractivity contribution < 1.29 is 14.2 Å². The summed E-state index contributed by atoms with van der Waals surface area (Å²) in [7, 11) is 2.14. The second kappa shape index (κ2) is 8.20. The Kier molecular flexibility index (Phi) is 7.29. The van der Waals surface area contributed by atoms with Crippen LogP contribution in [-0.2, 0) is 14.2 Å². The molecule has 0 aromatic heterocycles. The Morgan fingerprint density at radius 3 is 2.63 bits per heavy atom. The van der Waals surface area contributed by atoms with E-state index in [0.717, 1.165) is 39.1 Å². The number of likely N-dealkylation sites (N-methyl/N-ethyl adjacent to an activating group) is 1. The quantitative estimate of drug-likeness (QED) is 0.679. The second-order valence-electron chi connectivity index (χ2n) is 6.43. The molecule has 4 nitrogen and oxygen atoms in total. The maximum atomic E-state index is 6.11. The van der Waals surface area contributed by atoms with Crippen molar-refractivity contribution in [2.45, 2.75) is 58.3 Å². The first-order chi connectivity index (χ1) is 8.90. The minimum Gasteiger partial charge on any atom is -0.379 e. The van der Waals surface area contributed by atoms with Crippen LogP contribution >= 0.6 is 0 Å². The highest BCUT2D eigenvalue weighted by molar-refractivity contribution is 4.71. The molecule has 4 heteroatoms. The van der Waals surface area contributed by atoms with Crippen molar-refractivity contribution in [2.24, 2.45) is 0 Å². The predicted molar refractivity (Wildman–Crippen MR) is 77.6 cm³/mol. The Morgan fingerprint density at radius 2 is 2.11 bits per heavy atom. The van der Waals surface area contributed by atoms with E-state index in [2.05, 4.69) is 39.6 Å². The van der Waals surface area contributed by atoms with Gasteiger partial charge in [0.15, 0.2) is 0 Å². The van der Waals surface area contributed by atoms with Gasteiger partial charge < -0.3 is 19.1 Å². The standard InChI is InChI=1S/C15H31NO3/c1-6-8-16(5)10-14(19-15(2,3)4)12-18-13-7-9-17-11-13/h13-14H,6-12H2,1-5H3. The van der Waals surface area contributed by atoms with Gasteiger partial charge in [0.2, 0.25) is 0 Å². The molecular weight excluding hydrogens is 242 g/mol. The Labute approximate surface area is 118 Å². The van der Waals surface area contributed by atoms with E-state index in [9.17, 15) is 0 Å². The fraction of sp³-hybridized carbons (Fsp3) is 1.00. The van der Waals surface area contributed by atoms with E-state index < -0.39 is 0 Å². The van der Waals surface area contributed by atoms with Crippen molar-refractivity contribution in [3.63, 3.8) is 0 Å². The molecule has 0 N–H and O–H groups in total. The number of hydrogen-bond acceptors (Lipinski definition) is 4. The first-order valence-electron chi connectivity index (χ1n) is 7.46. The lowest BCUT2D eigenvalue weighted by molar-refractivity contribution is -0.112. The highest BCUT2D eigenvalue weighted by atomic mass is 16.6. The monoisotopic (exact) mass is 273 g/mol. The van der Waals surface area contributed by atoms with Gasteiger partial charge in [0.1, 0.15) is 0 Å². The molecule has 1 heterocycles. The normalized spacial score (nSPS) is 22.1. The Morgan fingerprint density at radius 1 is 1.37 bits per heavy atom. The van der Waals surface area contributed by atoms with E-state index in [1.165, 1.54) is 0 Å². The number of nitrogens with zero attached hydrogens (tertiary/aromatic N) is 1. The van der Waals surface area contributed by atoms with Gasteiger partial charge in [-0.05, 0) is 47.2 Å². The fourth-order valence-electron chi connectivity index (χ4n) is 2.33. The summed E-state index contributed by atoms with van der Waals surface area (Å²) in [5, 5.41) is 0. The minimum absolute atomic E-state index is 0.122. The van der Waals surface area contributed by atoms with Crippen LogP contribution in [0.1, 0.15) is 40.5 Å². The maximum Gasteiger partial charge on any atom is 0.0942 e. The lowest BCUT2D eigenvalue weighted by Crippen LogP contribution is -2.40. The first kappa shape index (κ1) is 16.9. The summed E-state index contributed by atoms with van der Waals surface area (Å²) >= 11 is 0. The summed E-state index contributed by atoms with van der Waals surface area (Å²) < 4.78 is 17.4. The summed E-state index contributed by atoms with van der Waals surface area (Å²) in [6.45, 7) is 12.7. The molecular formula is C15H31NO3. The molecule has 0 bridgehead atoms. The molecule has 1 rings (SSSR count). The molecule has 2 unspecified atom stereocenters. The molecule has 1 fully saturated rings. The summed E-state index contributed by atoms with van der Waals surface area (Å²) in [6, 6.07) is 0. The second-order valence-corrected chi connectivity index (χ2v) is 6.43. The molecule has 0 radical (unpaired) electrons. The van der Waals surface area contributed by atoms with Gasteiger partial charge in [0.25, 0.3) is 0 Å². The molecule has 1 aliphatic heterocycles. The molecule has 0 saturated carbocycles. The number of ether oxygens (including phenoxy) is 3. The van der Waals surface area contributed by atoms with E-state index >= 15 is 0 Å². The molecule has 0 aromatic carbocycles. The van der Waals surface area contributed by atoms with Gasteiger partial charge in [-0.15, -0.1) is 0 Å². The number of hydrogen-bond donors (Lipinski definition) is 0. The molecule has 114 valence electrons. The predicted octanol–water partition coefficient (Wildman–Crippen LogP) is 2.32. The van der Waals surface area contributed by atoms with Crippen LogP contribution in [0.2, 0.25) is 0 Å². The zero-order valence-electron chi connectivity index (χ0n) is 13.3. The topological polar surface area (TPSA) is 30.9 Å². The third kappa shape index (κ3) is 7.88. The van der Waals surface area contributed by atoms with Gasteiger partial charge in [-0.2, -0.15) is 0 Å². The van der Waals surface area contributed by atoms with Crippen LogP contribution in [0.3, 0.4) is 0 Å². The van der Waals surface area contributed by atoms with E-state index in [0.29, 0.717) is 6.61 Å². The lowest BCUT2D eigenvalue weighted by atomic mass is 10.2. The van der Waals surface area contributed by atoms with E-state index in [1.54, 1.807) is 0 Å². The van der Waals surface area contributed by atoms with Gasteiger partial charge >= 0.3 is 0 Å². The van der Waals surface area contributed by atoms with Crippen molar-refractivity contribution in [3.05, 3.63) is 0 Å². The molecule has 19 heavy (non-hydrogen) atoms.